The molecule has 0 heterocycles. The average Bonchev–Trinajstić information content (AvgIpc) is 3.12. The summed E-state index contributed by atoms with van der Waals surface area (Å²) in [6, 6.07) is 0. The maximum atomic E-state index is 2.64. The maximum absolute atomic E-state index is 2.64. The van der Waals surface area contributed by atoms with Crippen molar-refractivity contribution < 1.29 is 0 Å². The van der Waals surface area contributed by atoms with E-state index in [4.69, 9.17) is 0 Å². The molecule has 0 bridgehead atoms. The molecule has 4 rings (SSSR count). The fourth-order valence-corrected chi connectivity index (χ4v) is 8.98. The summed E-state index contributed by atoms with van der Waals surface area (Å²) in [6.45, 7) is 5.27. The first kappa shape index (κ1) is 13.8. The summed E-state index contributed by atoms with van der Waals surface area (Å²) in [6.07, 6.45) is 21.4. The van der Waals surface area contributed by atoms with Crippen molar-refractivity contribution in [3.63, 3.8) is 0 Å². The van der Waals surface area contributed by atoms with Gasteiger partial charge in [-0.05, 0) is 62.0 Å². The molecule has 0 spiro atoms. The maximum Gasteiger partial charge on any atom is 0.0914 e. The van der Waals surface area contributed by atoms with Crippen LogP contribution in [-0.4, -0.2) is 8.07 Å². The molecule has 112 valence electrons. The lowest BCUT2D eigenvalue weighted by atomic mass is 9.87. The van der Waals surface area contributed by atoms with Gasteiger partial charge in [0.05, 0.1) is 8.07 Å². The van der Waals surface area contributed by atoms with E-state index >= 15 is 0 Å². The molecule has 0 aromatic carbocycles. The first-order valence-corrected chi connectivity index (χ1v) is 12.1. The molecule has 0 aromatic heterocycles. The Kier molecular flexibility index (Phi) is 3.37. The topological polar surface area (TPSA) is 0 Å². The van der Waals surface area contributed by atoms with Crippen molar-refractivity contribution in [1.29, 1.82) is 0 Å². The van der Waals surface area contributed by atoms with Crippen LogP contribution in [0, 0.1) is 5.92 Å². The van der Waals surface area contributed by atoms with E-state index in [-0.39, 0.29) is 0 Å². The lowest BCUT2D eigenvalue weighted by molar-refractivity contribution is 0.524. The second-order valence-corrected chi connectivity index (χ2v) is 12.6. The summed E-state index contributed by atoms with van der Waals surface area (Å²) in [5, 5.41) is 1.82. The number of fused-ring (bicyclic) bond motifs is 1. The largest absolute Gasteiger partial charge is 0.0914 e. The van der Waals surface area contributed by atoms with Crippen LogP contribution < -0.4 is 0 Å². The molecule has 2 unspecified atom stereocenters. The van der Waals surface area contributed by atoms with Crippen molar-refractivity contribution >= 4 is 8.07 Å². The Bertz CT molecular complexity index is 571. The van der Waals surface area contributed by atoms with E-state index in [1.165, 1.54) is 51.4 Å². The van der Waals surface area contributed by atoms with Gasteiger partial charge >= 0.3 is 0 Å². The van der Waals surface area contributed by atoms with E-state index in [0.717, 1.165) is 11.5 Å². The van der Waals surface area contributed by atoms with Crippen molar-refractivity contribution in [2.45, 2.75) is 70.0 Å². The van der Waals surface area contributed by atoms with Gasteiger partial charge in [0, 0.05) is 0 Å². The van der Waals surface area contributed by atoms with Gasteiger partial charge in [0.2, 0.25) is 0 Å². The van der Waals surface area contributed by atoms with Crippen LogP contribution in [-0.2, 0) is 0 Å². The average molecular weight is 297 g/mol. The van der Waals surface area contributed by atoms with E-state index in [1.807, 2.05) is 16.3 Å². The number of hydrogen-bond donors (Lipinski definition) is 0. The third-order valence-electron chi connectivity index (χ3n) is 6.39. The van der Waals surface area contributed by atoms with Crippen LogP contribution >= 0.6 is 0 Å². The molecule has 0 radical (unpaired) electrons. The lowest BCUT2D eigenvalue weighted by Crippen LogP contribution is -2.35. The molecule has 21 heavy (non-hydrogen) atoms. The first-order valence-electron chi connectivity index (χ1n) is 9.00. The Hall–Kier alpha value is -0.823. The third kappa shape index (κ3) is 2.16. The molecule has 0 saturated heterocycles. The summed E-state index contributed by atoms with van der Waals surface area (Å²) in [5.74, 6) is 0.811. The molecule has 0 nitrogen and oxygen atoms in total. The van der Waals surface area contributed by atoms with E-state index in [0.29, 0.717) is 0 Å². The molecule has 4 aliphatic rings. The number of rotatable bonds is 2. The second-order valence-electron chi connectivity index (χ2n) is 7.97. The van der Waals surface area contributed by atoms with Crippen molar-refractivity contribution in [1.82, 2.24) is 0 Å². The first-order chi connectivity index (χ1) is 10.2. The molecule has 2 atom stereocenters. The predicted octanol–water partition coefficient (Wildman–Crippen LogP) is 6.10. The zero-order valence-electron chi connectivity index (χ0n) is 13.6. The van der Waals surface area contributed by atoms with Crippen LogP contribution in [0.25, 0.3) is 0 Å². The van der Waals surface area contributed by atoms with Gasteiger partial charge in [-0.2, -0.15) is 0 Å². The Balaban J connectivity index is 1.69. The smallest absolute Gasteiger partial charge is 0.0794 e. The van der Waals surface area contributed by atoms with E-state index in [1.54, 1.807) is 5.57 Å². The molecular weight excluding hydrogens is 268 g/mol. The predicted molar refractivity (Wildman–Crippen MR) is 94.0 cm³/mol. The highest BCUT2D eigenvalue weighted by molar-refractivity contribution is 6.87. The van der Waals surface area contributed by atoms with Crippen molar-refractivity contribution in [3.05, 3.63) is 46.2 Å². The number of hydrogen-bond acceptors (Lipinski definition) is 0. The van der Waals surface area contributed by atoms with Gasteiger partial charge in [-0.15, -0.1) is 0 Å². The van der Waals surface area contributed by atoms with Crippen LogP contribution in [0.4, 0.5) is 0 Å². The van der Waals surface area contributed by atoms with Crippen LogP contribution in [0.3, 0.4) is 0 Å². The van der Waals surface area contributed by atoms with E-state index < -0.39 is 8.07 Å². The summed E-state index contributed by atoms with van der Waals surface area (Å²) in [5.41, 5.74) is 6.18. The highest BCUT2D eigenvalue weighted by atomic mass is 28.3. The Labute approximate surface area is 130 Å². The molecule has 1 heteroatoms. The monoisotopic (exact) mass is 296 g/mol. The SMILES string of the molecule is C[Si](C)(C1=C2CCCCC2C=C1)C1C=CC2=C1CCCC2. The Morgan fingerprint density at radius 1 is 0.857 bits per heavy atom. The zero-order valence-corrected chi connectivity index (χ0v) is 14.6. The molecule has 0 aromatic rings. The van der Waals surface area contributed by atoms with Crippen LogP contribution in [0.1, 0.15) is 51.4 Å². The van der Waals surface area contributed by atoms with E-state index in [9.17, 15) is 0 Å². The second kappa shape index (κ2) is 5.12. The molecular formula is C20H28Si. The van der Waals surface area contributed by atoms with Crippen molar-refractivity contribution in [2.24, 2.45) is 5.92 Å². The van der Waals surface area contributed by atoms with Gasteiger partial charge in [-0.25, -0.2) is 0 Å². The quantitative estimate of drug-likeness (QED) is 0.540. The number of allylic oxidation sites excluding steroid dienone is 8. The third-order valence-corrected chi connectivity index (χ3v) is 10.4. The molecule has 0 aliphatic heterocycles. The van der Waals surface area contributed by atoms with Crippen LogP contribution in [0.2, 0.25) is 18.6 Å². The summed E-state index contributed by atoms with van der Waals surface area (Å²) < 4.78 is 0. The summed E-state index contributed by atoms with van der Waals surface area (Å²) in [4.78, 5) is 0. The van der Waals surface area contributed by atoms with Gasteiger partial charge in [0.15, 0.2) is 0 Å². The standard InChI is InChI=1S/C20H28Si/c1-21(2,19-13-11-15-7-3-5-9-17(15)19)20-14-12-16-8-4-6-10-18(16)20/h11-15,20H,3-10H2,1-2H3. The molecule has 1 saturated carbocycles. The normalized spacial score (nSPS) is 31.9. The molecule has 4 aliphatic carbocycles. The summed E-state index contributed by atoms with van der Waals surface area (Å²) in [7, 11) is -1.41. The van der Waals surface area contributed by atoms with Gasteiger partial charge in [-0.1, -0.05) is 60.2 Å². The lowest BCUT2D eigenvalue weighted by Gasteiger charge is -2.35. The highest BCUT2D eigenvalue weighted by Crippen LogP contribution is 2.50. The van der Waals surface area contributed by atoms with Gasteiger partial charge in [0.1, 0.15) is 0 Å². The molecule has 0 N–H and O–H groups in total. The Morgan fingerprint density at radius 2 is 1.62 bits per heavy atom. The van der Waals surface area contributed by atoms with Gasteiger partial charge < -0.3 is 0 Å². The summed E-state index contributed by atoms with van der Waals surface area (Å²) >= 11 is 0. The minimum atomic E-state index is -1.41. The van der Waals surface area contributed by atoms with Gasteiger partial charge in [-0.3, -0.25) is 0 Å². The molecule has 0 amide bonds. The minimum absolute atomic E-state index is 0.792. The molecule has 1 fully saturated rings. The van der Waals surface area contributed by atoms with Crippen LogP contribution in [0.5, 0.6) is 0 Å². The highest BCUT2D eigenvalue weighted by Gasteiger charge is 2.41. The van der Waals surface area contributed by atoms with Gasteiger partial charge in [0.25, 0.3) is 0 Å². The fourth-order valence-electron chi connectivity index (χ4n) is 5.20. The van der Waals surface area contributed by atoms with Crippen molar-refractivity contribution in [2.75, 3.05) is 0 Å². The minimum Gasteiger partial charge on any atom is -0.0794 e. The zero-order chi connectivity index (χ0) is 14.4. The van der Waals surface area contributed by atoms with E-state index in [2.05, 4.69) is 37.4 Å². The van der Waals surface area contributed by atoms with Crippen molar-refractivity contribution in [3.8, 4) is 0 Å². The fraction of sp³-hybridized carbons (Fsp3) is 0.600. The Morgan fingerprint density at radius 3 is 2.52 bits per heavy atom. The van der Waals surface area contributed by atoms with Crippen LogP contribution in [0.15, 0.2) is 46.2 Å².